The predicted octanol–water partition coefficient (Wildman–Crippen LogP) is 1.08. The molecule has 0 aromatic carbocycles. The van der Waals surface area contributed by atoms with Crippen molar-refractivity contribution in [1.29, 1.82) is 0 Å². The van der Waals surface area contributed by atoms with Crippen LogP contribution in [-0.2, 0) is 9.47 Å². The fraction of sp³-hybridized carbons (Fsp3) is 0.950. The minimum atomic E-state index is -0.0152. The van der Waals surface area contributed by atoms with Crippen molar-refractivity contribution in [1.82, 2.24) is 15.5 Å². The molecule has 0 spiro atoms. The Kier molecular flexibility index (Phi) is 9.82. The van der Waals surface area contributed by atoms with E-state index in [1.807, 2.05) is 0 Å². The summed E-state index contributed by atoms with van der Waals surface area (Å²) in [7, 11) is 0. The Morgan fingerprint density at radius 1 is 1.19 bits per heavy atom. The molecule has 2 atom stereocenters. The zero-order valence-electron chi connectivity index (χ0n) is 17.5. The lowest BCUT2D eigenvalue weighted by molar-refractivity contribution is 0.0132. The second kappa shape index (κ2) is 11.8. The van der Waals surface area contributed by atoms with E-state index in [1.165, 1.54) is 0 Å². The quantitative estimate of drug-likeness (QED) is 0.386. The molecule has 0 aromatic rings. The summed E-state index contributed by atoms with van der Waals surface area (Å²) in [6, 6.07) is 0.485. The Balaban J connectivity index is 1.95. The third kappa shape index (κ3) is 7.56. The molecule has 7 heteroatoms. The van der Waals surface area contributed by atoms with Gasteiger partial charge < -0.3 is 25.2 Å². The van der Waals surface area contributed by atoms with Crippen LogP contribution in [0, 0.1) is 11.3 Å². The van der Waals surface area contributed by atoms with Crippen LogP contribution in [-0.4, -0.2) is 87.8 Å². The first-order valence-corrected chi connectivity index (χ1v) is 10.6. The molecule has 0 aliphatic carbocycles. The molecular formula is C20H40N4O3. The molecular weight excluding hydrogens is 344 g/mol. The number of guanidine groups is 1. The Bertz CT molecular complexity index is 433. The van der Waals surface area contributed by atoms with Crippen molar-refractivity contribution in [3.8, 4) is 0 Å². The van der Waals surface area contributed by atoms with Gasteiger partial charge in [0.1, 0.15) is 0 Å². The van der Waals surface area contributed by atoms with Crippen molar-refractivity contribution in [2.75, 3.05) is 65.8 Å². The van der Waals surface area contributed by atoms with Gasteiger partial charge in [-0.1, -0.05) is 13.8 Å². The van der Waals surface area contributed by atoms with E-state index in [1.54, 1.807) is 0 Å². The summed E-state index contributed by atoms with van der Waals surface area (Å²) < 4.78 is 11.1. The summed E-state index contributed by atoms with van der Waals surface area (Å²) in [6.07, 6.45) is 2.88. The minimum Gasteiger partial charge on any atom is -0.396 e. The second-order valence-electron chi connectivity index (χ2n) is 8.28. The van der Waals surface area contributed by atoms with Crippen LogP contribution in [0.5, 0.6) is 0 Å². The van der Waals surface area contributed by atoms with Gasteiger partial charge in [0.25, 0.3) is 0 Å². The molecule has 2 unspecified atom stereocenters. The molecule has 3 N–H and O–H groups in total. The van der Waals surface area contributed by atoms with Gasteiger partial charge in [0, 0.05) is 50.8 Å². The number of hydrogen-bond donors (Lipinski definition) is 3. The molecule has 0 amide bonds. The van der Waals surface area contributed by atoms with Crippen molar-refractivity contribution in [2.45, 2.75) is 46.1 Å². The van der Waals surface area contributed by atoms with Gasteiger partial charge >= 0.3 is 0 Å². The molecule has 2 aliphatic heterocycles. The van der Waals surface area contributed by atoms with Gasteiger partial charge in [-0.05, 0) is 32.1 Å². The van der Waals surface area contributed by atoms with Crippen molar-refractivity contribution in [3.05, 3.63) is 0 Å². The highest BCUT2D eigenvalue weighted by Gasteiger charge is 2.34. The van der Waals surface area contributed by atoms with Crippen LogP contribution in [0.4, 0.5) is 0 Å². The molecule has 27 heavy (non-hydrogen) atoms. The zero-order valence-corrected chi connectivity index (χ0v) is 17.5. The second-order valence-corrected chi connectivity index (χ2v) is 8.28. The number of morpholine rings is 1. The molecule has 2 saturated heterocycles. The van der Waals surface area contributed by atoms with Crippen molar-refractivity contribution in [3.63, 3.8) is 0 Å². The first kappa shape index (κ1) is 22.4. The molecule has 0 bridgehead atoms. The maximum atomic E-state index is 9.41. The summed E-state index contributed by atoms with van der Waals surface area (Å²) in [5.74, 6) is 1.52. The van der Waals surface area contributed by atoms with Crippen molar-refractivity contribution >= 4 is 5.96 Å². The van der Waals surface area contributed by atoms with Crippen LogP contribution in [0.15, 0.2) is 4.99 Å². The SMILES string of the molecule is CCNC(=NCC1(CCO)CCOC1)NCC(CC(C)C)N1CCOCC1. The molecule has 7 nitrogen and oxygen atoms in total. The number of nitrogens with one attached hydrogen (secondary N) is 2. The largest absolute Gasteiger partial charge is 0.396 e. The predicted molar refractivity (Wildman–Crippen MR) is 109 cm³/mol. The number of nitrogens with zero attached hydrogens (tertiary/aromatic N) is 2. The average Bonchev–Trinajstić information content (AvgIpc) is 3.12. The maximum Gasteiger partial charge on any atom is 0.191 e. The summed E-state index contributed by atoms with van der Waals surface area (Å²) >= 11 is 0. The Hall–Kier alpha value is -0.890. The Labute approximate surface area is 164 Å². The van der Waals surface area contributed by atoms with Crippen LogP contribution >= 0.6 is 0 Å². The number of rotatable bonds is 10. The normalized spacial score (nSPS) is 25.7. The highest BCUT2D eigenvalue weighted by atomic mass is 16.5. The van der Waals surface area contributed by atoms with Crippen LogP contribution in [0.25, 0.3) is 0 Å². The number of aliphatic hydroxyl groups is 1. The van der Waals surface area contributed by atoms with Crippen LogP contribution in [0.1, 0.15) is 40.0 Å². The topological polar surface area (TPSA) is 78.4 Å². The Morgan fingerprint density at radius 3 is 2.56 bits per heavy atom. The molecule has 0 radical (unpaired) electrons. The molecule has 2 heterocycles. The van der Waals surface area contributed by atoms with Crippen molar-refractivity contribution < 1.29 is 14.6 Å². The maximum absolute atomic E-state index is 9.41. The first-order valence-electron chi connectivity index (χ1n) is 10.6. The number of hydrogen-bond acceptors (Lipinski definition) is 5. The zero-order chi connectivity index (χ0) is 19.5. The van der Waals surface area contributed by atoms with Gasteiger partial charge in [0.2, 0.25) is 0 Å². The van der Waals surface area contributed by atoms with E-state index in [2.05, 4.69) is 36.3 Å². The van der Waals surface area contributed by atoms with Gasteiger partial charge in [-0.2, -0.15) is 0 Å². The van der Waals surface area contributed by atoms with Gasteiger partial charge in [-0.3, -0.25) is 9.89 Å². The van der Waals surface area contributed by atoms with Gasteiger partial charge in [0.15, 0.2) is 5.96 Å². The monoisotopic (exact) mass is 384 g/mol. The lowest BCUT2D eigenvalue weighted by atomic mass is 9.84. The molecule has 0 saturated carbocycles. The van der Waals surface area contributed by atoms with Crippen LogP contribution in [0.3, 0.4) is 0 Å². The molecule has 2 fully saturated rings. The summed E-state index contributed by atoms with van der Waals surface area (Å²) in [6.45, 7) is 14.4. The van der Waals surface area contributed by atoms with E-state index in [0.29, 0.717) is 25.1 Å². The van der Waals surface area contributed by atoms with E-state index >= 15 is 0 Å². The highest BCUT2D eigenvalue weighted by molar-refractivity contribution is 5.79. The molecule has 2 rings (SSSR count). The minimum absolute atomic E-state index is 0.0152. The van der Waals surface area contributed by atoms with E-state index in [9.17, 15) is 5.11 Å². The number of aliphatic hydroxyl groups excluding tert-OH is 1. The third-order valence-corrected chi connectivity index (χ3v) is 5.55. The van der Waals surface area contributed by atoms with E-state index in [-0.39, 0.29) is 12.0 Å². The van der Waals surface area contributed by atoms with Gasteiger partial charge in [-0.25, -0.2) is 0 Å². The summed E-state index contributed by atoms with van der Waals surface area (Å²) in [5, 5.41) is 16.3. The average molecular weight is 385 g/mol. The van der Waals surface area contributed by atoms with Crippen LogP contribution in [0.2, 0.25) is 0 Å². The number of aliphatic imine (C=N–C) groups is 1. The summed E-state index contributed by atoms with van der Waals surface area (Å²) in [5.41, 5.74) is -0.0152. The molecule has 158 valence electrons. The van der Waals surface area contributed by atoms with Crippen LogP contribution < -0.4 is 10.6 Å². The van der Waals surface area contributed by atoms with Crippen molar-refractivity contribution in [2.24, 2.45) is 16.3 Å². The van der Waals surface area contributed by atoms with E-state index in [4.69, 9.17) is 14.5 Å². The lowest BCUT2D eigenvalue weighted by Crippen LogP contribution is -2.51. The third-order valence-electron chi connectivity index (χ3n) is 5.55. The summed E-state index contributed by atoms with van der Waals surface area (Å²) in [4.78, 5) is 7.38. The standard InChI is InChI=1S/C20H40N4O3/c1-4-21-19(23-15-20(5-9-25)6-10-27-16-20)22-14-18(13-17(2)3)24-7-11-26-12-8-24/h17-18,25H,4-16H2,1-3H3,(H2,21,22,23). The lowest BCUT2D eigenvalue weighted by Gasteiger charge is -2.36. The first-order chi connectivity index (χ1) is 13.1. The highest BCUT2D eigenvalue weighted by Crippen LogP contribution is 2.32. The van der Waals surface area contributed by atoms with Gasteiger partial charge in [-0.15, -0.1) is 0 Å². The molecule has 2 aliphatic rings. The number of ether oxygens (including phenoxy) is 2. The fourth-order valence-corrected chi connectivity index (χ4v) is 3.94. The van der Waals surface area contributed by atoms with E-state index < -0.39 is 0 Å². The smallest absolute Gasteiger partial charge is 0.191 e. The van der Waals surface area contributed by atoms with Gasteiger partial charge in [0.05, 0.1) is 26.4 Å². The Morgan fingerprint density at radius 2 is 1.96 bits per heavy atom. The molecule has 0 aromatic heterocycles. The van der Waals surface area contributed by atoms with E-state index in [0.717, 1.165) is 71.2 Å². The fourth-order valence-electron chi connectivity index (χ4n) is 3.94.